The number of anilines is 1. The van der Waals surface area contributed by atoms with Crippen molar-refractivity contribution in [2.75, 3.05) is 5.32 Å². The van der Waals surface area contributed by atoms with E-state index in [0.717, 1.165) is 26.4 Å². The Morgan fingerprint density at radius 1 is 1.06 bits per heavy atom. The van der Waals surface area contributed by atoms with E-state index < -0.39 is 5.91 Å². The normalized spacial score (nSPS) is 11.2. The Hall–Kier alpha value is -3.59. The molecule has 0 aliphatic heterocycles. The van der Waals surface area contributed by atoms with Gasteiger partial charge in [-0.2, -0.15) is 5.26 Å². The van der Waals surface area contributed by atoms with Crippen LogP contribution in [0.4, 0.5) is 5.69 Å². The summed E-state index contributed by atoms with van der Waals surface area (Å²) in [5.74, 6) is 0.0455. The molecule has 0 aliphatic rings. The molecule has 0 fully saturated rings. The van der Waals surface area contributed by atoms with Gasteiger partial charge in [0.25, 0.3) is 5.91 Å². The number of benzene rings is 4. The molecule has 1 amide bonds. The van der Waals surface area contributed by atoms with Crippen LogP contribution in [0.15, 0.2) is 88.9 Å². The minimum absolute atomic E-state index is 0.0481. The summed E-state index contributed by atoms with van der Waals surface area (Å²) in [6.07, 6.45) is 1.52. The number of rotatable bonds is 6. The van der Waals surface area contributed by atoms with Gasteiger partial charge in [0.15, 0.2) is 0 Å². The maximum Gasteiger partial charge on any atom is 0.266 e. The lowest BCUT2D eigenvalue weighted by atomic mass is 10.1. The Morgan fingerprint density at radius 3 is 2.65 bits per heavy atom. The van der Waals surface area contributed by atoms with Crippen molar-refractivity contribution in [3.8, 4) is 11.8 Å². The highest BCUT2D eigenvalue weighted by molar-refractivity contribution is 9.10. The average Bonchev–Trinajstić information content (AvgIpc) is 2.84. The second-order valence-electron chi connectivity index (χ2n) is 7.74. The molecule has 0 aromatic heterocycles. The quantitative estimate of drug-likeness (QED) is 0.205. The van der Waals surface area contributed by atoms with Crippen molar-refractivity contribution in [3.05, 3.63) is 111 Å². The van der Waals surface area contributed by atoms with Gasteiger partial charge in [-0.15, -0.1) is 0 Å². The zero-order chi connectivity index (χ0) is 24.1. The van der Waals surface area contributed by atoms with E-state index in [1.165, 1.54) is 6.08 Å². The number of aryl methyl sites for hydroxylation is 1. The molecule has 4 aromatic rings. The first-order valence-corrected chi connectivity index (χ1v) is 11.7. The van der Waals surface area contributed by atoms with E-state index in [1.54, 1.807) is 18.2 Å². The molecule has 6 heteroatoms. The van der Waals surface area contributed by atoms with E-state index in [2.05, 4.69) is 45.5 Å². The van der Waals surface area contributed by atoms with Gasteiger partial charge in [0.2, 0.25) is 0 Å². The second-order valence-corrected chi connectivity index (χ2v) is 9.09. The van der Waals surface area contributed by atoms with Crippen LogP contribution in [0.3, 0.4) is 0 Å². The lowest BCUT2D eigenvalue weighted by Crippen LogP contribution is -2.14. The van der Waals surface area contributed by atoms with Gasteiger partial charge in [-0.1, -0.05) is 70.0 Å². The smallest absolute Gasteiger partial charge is 0.266 e. The monoisotopic (exact) mass is 530 g/mol. The largest absolute Gasteiger partial charge is 0.488 e. The lowest BCUT2D eigenvalue weighted by Gasteiger charge is -2.12. The van der Waals surface area contributed by atoms with Crippen LogP contribution >= 0.6 is 27.5 Å². The molecule has 0 radical (unpaired) electrons. The molecule has 0 spiro atoms. The van der Waals surface area contributed by atoms with E-state index in [1.807, 2.05) is 49.4 Å². The second kappa shape index (κ2) is 10.6. The van der Waals surface area contributed by atoms with Crippen LogP contribution in [0.5, 0.6) is 5.75 Å². The molecule has 0 atom stereocenters. The van der Waals surface area contributed by atoms with Crippen LogP contribution in [-0.4, -0.2) is 5.91 Å². The van der Waals surface area contributed by atoms with E-state index in [9.17, 15) is 10.1 Å². The molecule has 0 bridgehead atoms. The molecule has 4 nitrogen and oxygen atoms in total. The molecule has 0 unspecified atom stereocenters. The summed E-state index contributed by atoms with van der Waals surface area (Å²) in [4.78, 5) is 12.8. The first-order valence-electron chi connectivity index (χ1n) is 10.5. The predicted molar refractivity (Wildman–Crippen MR) is 141 cm³/mol. The first kappa shape index (κ1) is 23.6. The van der Waals surface area contributed by atoms with Crippen LogP contribution in [0.25, 0.3) is 16.8 Å². The third kappa shape index (κ3) is 5.66. The maximum atomic E-state index is 12.8. The molecular weight excluding hydrogens is 512 g/mol. The highest BCUT2D eigenvalue weighted by Crippen LogP contribution is 2.28. The molecule has 0 saturated carbocycles. The van der Waals surface area contributed by atoms with Gasteiger partial charge >= 0.3 is 0 Å². The summed E-state index contributed by atoms with van der Waals surface area (Å²) in [6, 6.07) is 27.0. The van der Waals surface area contributed by atoms with Gasteiger partial charge in [-0.25, -0.2) is 0 Å². The number of nitrogens with zero attached hydrogens (tertiary/aromatic N) is 1. The molecule has 1 N–H and O–H groups in total. The van der Waals surface area contributed by atoms with Gasteiger partial charge in [-0.3, -0.25) is 4.79 Å². The van der Waals surface area contributed by atoms with Gasteiger partial charge in [0.05, 0.1) is 0 Å². The summed E-state index contributed by atoms with van der Waals surface area (Å²) < 4.78 is 6.89. The highest BCUT2D eigenvalue weighted by Gasteiger charge is 2.13. The molecule has 0 heterocycles. The predicted octanol–water partition coefficient (Wildman–Crippen LogP) is 7.69. The summed E-state index contributed by atoms with van der Waals surface area (Å²) in [5, 5.41) is 15.2. The molecule has 0 saturated heterocycles. The Balaban J connectivity index is 1.57. The van der Waals surface area contributed by atoms with Gasteiger partial charge < -0.3 is 10.1 Å². The van der Waals surface area contributed by atoms with Crippen LogP contribution < -0.4 is 10.1 Å². The number of amides is 1. The van der Waals surface area contributed by atoms with E-state index in [4.69, 9.17) is 16.3 Å². The van der Waals surface area contributed by atoms with E-state index >= 15 is 0 Å². The summed E-state index contributed by atoms with van der Waals surface area (Å²) in [6.45, 7) is 2.21. The third-order valence-corrected chi connectivity index (χ3v) is 6.02. The van der Waals surface area contributed by atoms with Gasteiger partial charge in [0, 0.05) is 20.7 Å². The molecular formula is C28H20BrClN2O2. The first-order chi connectivity index (χ1) is 16.4. The Morgan fingerprint density at radius 2 is 1.85 bits per heavy atom. The van der Waals surface area contributed by atoms with E-state index in [-0.39, 0.29) is 5.57 Å². The zero-order valence-electron chi connectivity index (χ0n) is 18.3. The van der Waals surface area contributed by atoms with Gasteiger partial charge in [0.1, 0.15) is 24.0 Å². The molecule has 0 aliphatic carbocycles. The number of hydrogen-bond acceptors (Lipinski definition) is 3. The van der Waals surface area contributed by atoms with E-state index in [0.29, 0.717) is 28.6 Å². The number of nitrogens with one attached hydrogen (secondary N) is 1. The fourth-order valence-corrected chi connectivity index (χ4v) is 4.03. The minimum Gasteiger partial charge on any atom is -0.488 e. The Labute approximate surface area is 211 Å². The summed E-state index contributed by atoms with van der Waals surface area (Å²) in [7, 11) is 0. The topological polar surface area (TPSA) is 62.1 Å². The van der Waals surface area contributed by atoms with Crippen LogP contribution in [0.1, 0.15) is 16.7 Å². The maximum absolute atomic E-state index is 12.8. The number of carbonyl (C=O) groups excluding carboxylic acids is 1. The Bertz CT molecular complexity index is 1460. The van der Waals surface area contributed by atoms with Crippen molar-refractivity contribution in [1.29, 1.82) is 5.26 Å². The standard InChI is InChI=1S/C28H20BrClN2O2/c1-18-6-10-25(30)15-26(18)32-28(33)23(16-31)13-22-14-24(29)9-11-27(22)34-17-19-7-8-20-4-2-3-5-21(20)12-19/h2-15H,17H2,1H3,(H,32,33)/b23-13+. The van der Waals surface area contributed by atoms with Crippen molar-refractivity contribution >= 4 is 56.0 Å². The van der Waals surface area contributed by atoms with Crippen molar-refractivity contribution in [3.63, 3.8) is 0 Å². The molecule has 34 heavy (non-hydrogen) atoms. The van der Waals surface area contributed by atoms with Crippen LogP contribution in [-0.2, 0) is 11.4 Å². The average molecular weight is 532 g/mol. The number of nitriles is 1. The third-order valence-electron chi connectivity index (χ3n) is 5.29. The summed E-state index contributed by atoms with van der Waals surface area (Å²) >= 11 is 9.50. The highest BCUT2D eigenvalue weighted by atomic mass is 79.9. The molecule has 4 aromatic carbocycles. The van der Waals surface area contributed by atoms with Crippen LogP contribution in [0, 0.1) is 18.3 Å². The van der Waals surface area contributed by atoms with Crippen molar-refractivity contribution in [2.24, 2.45) is 0 Å². The van der Waals surface area contributed by atoms with Gasteiger partial charge in [-0.05, 0) is 71.3 Å². The molecule has 4 rings (SSSR count). The minimum atomic E-state index is -0.520. The number of halogens is 2. The lowest BCUT2D eigenvalue weighted by molar-refractivity contribution is -0.112. The number of carbonyl (C=O) groups is 1. The summed E-state index contributed by atoms with van der Waals surface area (Å²) in [5.41, 5.74) is 2.99. The number of fused-ring (bicyclic) bond motifs is 1. The fourth-order valence-electron chi connectivity index (χ4n) is 3.48. The van der Waals surface area contributed by atoms with Crippen molar-refractivity contribution in [2.45, 2.75) is 13.5 Å². The number of ether oxygens (including phenoxy) is 1. The van der Waals surface area contributed by atoms with Crippen LogP contribution in [0.2, 0.25) is 5.02 Å². The van der Waals surface area contributed by atoms with Crippen molar-refractivity contribution in [1.82, 2.24) is 0 Å². The van der Waals surface area contributed by atoms with Crippen molar-refractivity contribution < 1.29 is 9.53 Å². The molecule has 168 valence electrons. The SMILES string of the molecule is Cc1ccc(Cl)cc1NC(=O)/C(C#N)=C/c1cc(Br)ccc1OCc1ccc2ccccc2c1. The Kier molecular flexibility index (Phi) is 7.32. The zero-order valence-corrected chi connectivity index (χ0v) is 20.7. The fraction of sp³-hybridized carbons (Fsp3) is 0.0714. The number of hydrogen-bond donors (Lipinski definition) is 1.